The monoisotopic (exact) mass is 951 g/mol. The van der Waals surface area contributed by atoms with Crippen molar-refractivity contribution in [1.29, 1.82) is 0 Å². The number of aromatic nitrogens is 2. The predicted octanol–water partition coefficient (Wildman–Crippen LogP) is 6.65. The van der Waals surface area contributed by atoms with Gasteiger partial charge in [0.15, 0.2) is 5.82 Å². The number of urea groups is 1. The predicted molar refractivity (Wildman–Crippen MR) is 248 cm³/mol. The summed E-state index contributed by atoms with van der Waals surface area (Å²) in [6, 6.07) is 17.6. The highest BCUT2D eigenvalue weighted by atomic mass is 32.2. The van der Waals surface area contributed by atoms with Crippen LogP contribution in [-0.2, 0) is 26.3 Å². The zero-order valence-corrected chi connectivity index (χ0v) is 37.9. The number of nitrogens with one attached hydrogen (secondary N) is 4. The summed E-state index contributed by atoms with van der Waals surface area (Å²) in [6.45, 7) is 3.15. The molecule has 2 aromatic heterocycles. The molecule has 356 valence electrons. The average molecular weight is 952 g/mol. The van der Waals surface area contributed by atoms with E-state index < -0.39 is 63.1 Å². The number of carboxylic acid groups (broad SMARTS) is 1. The third kappa shape index (κ3) is 9.79. The lowest BCUT2D eigenvalue weighted by molar-refractivity contribution is -0.133. The van der Waals surface area contributed by atoms with E-state index in [1.54, 1.807) is 17.2 Å². The first kappa shape index (κ1) is 46.3. The van der Waals surface area contributed by atoms with Crippen molar-refractivity contribution in [2.24, 2.45) is 0 Å². The van der Waals surface area contributed by atoms with Crippen molar-refractivity contribution >= 4 is 62.3 Å². The summed E-state index contributed by atoms with van der Waals surface area (Å²) in [4.78, 5) is 75.8. The smallest absolute Gasteiger partial charge is 0.415 e. The van der Waals surface area contributed by atoms with Crippen LogP contribution in [-0.4, -0.2) is 124 Å². The number of nitrogens with zero attached hydrogens (tertiary/aromatic N) is 5. The van der Waals surface area contributed by atoms with Crippen LogP contribution in [0.25, 0.3) is 22.2 Å². The lowest BCUT2D eigenvalue weighted by atomic mass is 9.89. The number of hydrogen-bond acceptors (Lipinski definition) is 10. The number of likely N-dealkylation sites (tertiary alicyclic amines) is 2. The first-order chi connectivity index (χ1) is 32.7. The van der Waals surface area contributed by atoms with Gasteiger partial charge in [-0.05, 0) is 97.9 Å². The number of piperidine rings is 3. The van der Waals surface area contributed by atoms with E-state index in [0.717, 1.165) is 39.4 Å². The van der Waals surface area contributed by atoms with E-state index in [1.165, 1.54) is 10.5 Å². The number of ketones is 1. The number of amides is 5. The van der Waals surface area contributed by atoms with E-state index in [2.05, 4.69) is 30.2 Å². The molecule has 1 atom stereocenters. The number of imide groups is 2. The molecule has 0 radical (unpaired) electrons. The third-order valence-corrected chi connectivity index (χ3v) is 15.0. The second-order valence-corrected chi connectivity index (χ2v) is 19.5. The van der Waals surface area contributed by atoms with Gasteiger partial charge < -0.3 is 20.3 Å². The molecule has 3 aromatic carbocycles. The molecule has 9 rings (SSSR count). The van der Waals surface area contributed by atoms with E-state index in [4.69, 9.17) is 0 Å². The molecule has 0 saturated carbocycles. The number of fused-ring (bicyclic) bond motifs is 1. The van der Waals surface area contributed by atoms with Gasteiger partial charge in [0, 0.05) is 92.9 Å². The topological polar surface area (TPSA) is 217 Å². The highest BCUT2D eigenvalue weighted by molar-refractivity contribution is 7.90. The van der Waals surface area contributed by atoms with Crippen molar-refractivity contribution in [3.63, 3.8) is 0 Å². The molecule has 17 nitrogen and oxygen atoms in total. The number of carbonyl (C=O) groups is 5. The van der Waals surface area contributed by atoms with Gasteiger partial charge in [0.05, 0.1) is 11.3 Å². The lowest BCUT2D eigenvalue weighted by Gasteiger charge is -2.40. The summed E-state index contributed by atoms with van der Waals surface area (Å²) in [5, 5.41) is 16.1. The van der Waals surface area contributed by atoms with Crippen LogP contribution in [0.3, 0.4) is 0 Å². The molecule has 0 spiro atoms. The van der Waals surface area contributed by atoms with E-state index in [-0.39, 0.29) is 42.8 Å². The van der Waals surface area contributed by atoms with Crippen molar-refractivity contribution < 1.29 is 46.3 Å². The fraction of sp³-hybridized carbons (Fsp3) is 0.375. The molecule has 0 bridgehead atoms. The van der Waals surface area contributed by atoms with Crippen LogP contribution in [0.1, 0.15) is 84.3 Å². The Hall–Kier alpha value is -6.77. The number of aromatic amines is 1. The van der Waals surface area contributed by atoms with E-state index in [0.29, 0.717) is 94.3 Å². The van der Waals surface area contributed by atoms with Crippen LogP contribution < -0.4 is 15.4 Å². The number of hydrogen-bond donors (Lipinski definition) is 5. The summed E-state index contributed by atoms with van der Waals surface area (Å²) in [7, 11) is -4.11. The standard InChI is InChI=1S/C48H51F2N9O8S/c49-38-11-12-39(55-68(66,67)58-19-1-2-20-58)43(50)42(38)44(61)37-27-52-45-36(37)25-33(26-51-45)31-5-3-29(4-6-31)28-56-21-17-35(18-22-56)59(48(64)65)47(63)57-23-15-32(16-24-57)30-7-9-34(10-8-30)53-40-13-14-41(60)54-46(40)62/h3-12,25-27,32,35,40,53,55H,1-2,13-24,28H2,(H,51,52)(H,64,65)(H,54,60,62). The summed E-state index contributed by atoms with van der Waals surface area (Å²) in [5.74, 6) is -3.85. The van der Waals surface area contributed by atoms with Gasteiger partial charge >= 0.3 is 22.3 Å². The van der Waals surface area contributed by atoms with Crippen molar-refractivity contribution in [1.82, 2.24) is 34.3 Å². The van der Waals surface area contributed by atoms with Gasteiger partial charge in [0.2, 0.25) is 17.6 Å². The molecule has 20 heteroatoms. The Balaban J connectivity index is 0.781. The molecule has 0 aliphatic carbocycles. The number of pyridine rings is 1. The van der Waals surface area contributed by atoms with Crippen LogP contribution >= 0.6 is 0 Å². The van der Waals surface area contributed by atoms with Crippen LogP contribution in [0, 0.1) is 11.6 Å². The first-order valence-corrected chi connectivity index (χ1v) is 24.3. The minimum absolute atomic E-state index is 0.0401. The number of benzene rings is 3. The Morgan fingerprint density at radius 2 is 1.56 bits per heavy atom. The maximum atomic E-state index is 15.8. The van der Waals surface area contributed by atoms with Gasteiger partial charge in [-0.1, -0.05) is 36.4 Å². The number of rotatable bonds is 12. The summed E-state index contributed by atoms with van der Waals surface area (Å²) >= 11 is 0. The molecular formula is C48H51F2N9O8S. The summed E-state index contributed by atoms with van der Waals surface area (Å²) in [6.07, 6.45) is 6.06. The molecule has 68 heavy (non-hydrogen) atoms. The Morgan fingerprint density at radius 1 is 0.853 bits per heavy atom. The van der Waals surface area contributed by atoms with Crippen LogP contribution in [0.4, 0.5) is 29.7 Å². The number of carbonyl (C=O) groups excluding carboxylic acids is 4. The molecule has 6 heterocycles. The van der Waals surface area contributed by atoms with Crippen molar-refractivity contribution in [2.45, 2.75) is 75.9 Å². The van der Waals surface area contributed by atoms with Crippen molar-refractivity contribution in [3.05, 3.63) is 113 Å². The molecule has 4 saturated heterocycles. The molecule has 5 aromatic rings. The number of H-pyrrole nitrogens is 1. The summed E-state index contributed by atoms with van der Waals surface area (Å²) in [5.41, 5.74) is 3.14. The highest BCUT2D eigenvalue weighted by Crippen LogP contribution is 2.33. The lowest BCUT2D eigenvalue weighted by Crippen LogP contribution is -2.55. The molecular weight excluding hydrogens is 901 g/mol. The fourth-order valence-electron chi connectivity index (χ4n) is 9.69. The number of anilines is 2. The Morgan fingerprint density at radius 3 is 2.24 bits per heavy atom. The number of halogens is 2. The SMILES string of the molecule is O=C1CCC(Nc2ccc(C3CCN(C(=O)N(C(=O)O)C4CCN(Cc5ccc(-c6cnc7[nH]cc(C(=O)c8c(F)ccc(NS(=O)(=O)N9CCCC9)c8F)c7c6)cc5)CC4)CC3)cc2)C(=O)N1. The minimum atomic E-state index is -4.11. The Kier molecular flexibility index (Phi) is 13.3. The maximum absolute atomic E-state index is 15.8. The largest absolute Gasteiger partial charge is 0.465 e. The average Bonchev–Trinajstić information content (AvgIpc) is 4.04. The highest BCUT2D eigenvalue weighted by Gasteiger charge is 2.37. The van der Waals surface area contributed by atoms with E-state index >= 15 is 8.78 Å². The van der Waals surface area contributed by atoms with Gasteiger partial charge in [-0.25, -0.2) is 28.3 Å². The quantitative estimate of drug-likeness (QED) is 0.0659. The van der Waals surface area contributed by atoms with Crippen LogP contribution in [0.2, 0.25) is 0 Å². The molecule has 5 N–H and O–H groups in total. The third-order valence-electron chi connectivity index (χ3n) is 13.5. The molecule has 4 aliphatic heterocycles. The van der Waals surface area contributed by atoms with Gasteiger partial charge in [-0.2, -0.15) is 12.7 Å². The van der Waals surface area contributed by atoms with Gasteiger partial charge in [-0.3, -0.25) is 29.3 Å². The normalized spacial score (nSPS) is 19.0. The second-order valence-electron chi connectivity index (χ2n) is 17.8. The van der Waals surface area contributed by atoms with Crippen LogP contribution in [0.5, 0.6) is 0 Å². The molecule has 1 unspecified atom stereocenters. The molecule has 4 aliphatic rings. The van der Waals surface area contributed by atoms with Crippen molar-refractivity contribution in [2.75, 3.05) is 49.3 Å². The Bertz CT molecular complexity index is 2860. The zero-order chi connectivity index (χ0) is 47.7. The zero-order valence-electron chi connectivity index (χ0n) is 37.0. The summed E-state index contributed by atoms with van der Waals surface area (Å²) < 4.78 is 59.9. The fourth-order valence-corrected chi connectivity index (χ4v) is 11.0. The minimum Gasteiger partial charge on any atom is -0.465 e. The van der Waals surface area contributed by atoms with Gasteiger partial charge in [0.25, 0.3) is 0 Å². The molecule has 4 fully saturated rings. The van der Waals surface area contributed by atoms with E-state index in [1.807, 2.05) is 48.5 Å². The first-order valence-electron chi connectivity index (χ1n) is 22.8. The maximum Gasteiger partial charge on any atom is 0.415 e. The van der Waals surface area contributed by atoms with Crippen LogP contribution in [0.15, 0.2) is 79.1 Å². The Labute approximate surface area is 391 Å². The van der Waals surface area contributed by atoms with E-state index in [9.17, 15) is 37.5 Å². The van der Waals surface area contributed by atoms with Crippen molar-refractivity contribution in [3.8, 4) is 11.1 Å². The molecule has 5 amide bonds. The van der Waals surface area contributed by atoms with Gasteiger partial charge in [-0.15, -0.1) is 0 Å². The second kappa shape index (κ2) is 19.4. The van der Waals surface area contributed by atoms with Gasteiger partial charge in [0.1, 0.15) is 17.5 Å².